The van der Waals surface area contributed by atoms with Gasteiger partial charge in [-0.3, -0.25) is 4.68 Å². The highest BCUT2D eigenvalue weighted by atomic mass is 35.5. The number of halogens is 1. The second-order valence-corrected chi connectivity index (χ2v) is 6.11. The van der Waals surface area contributed by atoms with Crippen LogP contribution in [0.2, 0.25) is 5.02 Å². The molecule has 0 bridgehead atoms. The molecule has 0 amide bonds. The Morgan fingerprint density at radius 3 is 2.33 bits per heavy atom. The van der Waals surface area contributed by atoms with Gasteiger partial charge in [0.25, 0.3) is 0 Å². The van der Waals surface area contributed by atoms with E-state index in [4.69, 9.17) is 11.6 Å². The molecule has 1 atom stereocenters. The van der Waals surface area contributed by atoms with Crippen LogP contribution in [0.1, 0.15) is 47.3 Å². The summed E-state index contributed by atoms with van der Waals surface area (Å²) in [5, 5.41) is 8.63. The Bertz CT molecular complexity index is 588. The van der Waals surface area contributed by atoms with Gasteiger partial charge in [0.2, 0.25) is 0 Å². The minimum atomic E-state index is 0.0746. The number of nitrogens with one attached hydrogen (secondary N) is 1. The molecular weight excluding hydrogens is 282 g/mol. The highest BCUT2D eigenvalue weighted by molar-refractivity contribution is 6.31. The topological polar surface area (TPSA) is 29.9 Å². The minimum absolute atomic E-state index is 0.0746. The number of nitrogens with zero attached hydrogens (tertiary/aromatic N) is 2. The van der Waals surface area contributed by atoms with E-state index in [9.17, 15) is 0 Å². The van der Waals surface area contributed by atoms with Crippen LogP contribution in [0.25, 0.3) is 0 Å². The molecule has 0 saturated carbocycles. The second kappa shape index (κ2) is 6.63. The molecule has 1 aromatic heterocycles. The van der Waals surface area contributed by atoms with Gasteiger partial charge in [-0.05, 0) is 50.4 Å². The van der Waals surface area contributed by atoms with Gasteiger partial charge in [-0.25, -0.2) is 0 Å². The molecule has 1 unspecified atom stereocenters. The molecule has 2 rings (SSSR count). The Morgan fingerprint density at radius 1 is 1.24 bits per heavy atom. The van der Waals surface area contributed by atoms with Gasteiger partial charge in [0.1, 0.15) is 0 Å². The first kappa shape index (κ1) is 16.1. The fourth-order valence-electron chi connectivity index (χ4n) is 3.02. The van der Waals surface area contributed by atoms with Crippen molar-refractivity contribution in [2.75, 3.05) is 6.54 Å². The van der Waals surface area contributed by atoms with Crippen LogP contribution in [0.15, 0.2) is 18.3 Å². The van der Waals surface area contributed by atoms with Crippen LogP contribution < -0.4 is 5.32 Å². The number of aryl methyl sites for hydroxylation is 4. The van der Waals surface area contributed by atoms with Gasteiger partial charge in [-0.1, -0.05) is 36.2 Å². The number of rotatable bonds is 5. The maximum Gasteiger partial charge on any atom is 0.0837 e. The van der Waals surface area contributed by atoms with E-state index in [1.54, 1.807) is 6.20 Å². The van der Waals surface area contributed by atoms with Gasteiger partial charge >= 0.3 is 0 Å². The molecule has 4 heteroatoms. The summed E-state index contributed by atoms with van der Waals surface area (Å²) in [4.78, 5) is 0. The molecule has 0 aliphatic carbocycles. The first-order chi connectivity index (χ1) is 9.95. The lowest BCUT2D eigenvalue weighted by Crippen LogP contribution is -2.27. The molecular formula is C17H24ClN3. The fraction of sp³-hybridized carbons (Fsp3) is 0.471. The van der Waals surface area contributed by atoms with Crippen molar-refractivity contribution >= 4 is 11.6 Å². The lowest BCUT2D eigenvalue weighted by molar-refractivity contribution is 0.550. The quantitative estimate of drug-likeness (QED) is 0.902. The number of aromatic nitrogens is 2. The van der Waals surface area contributed by atoms with Crippen LogP contribution in [0, 0.1) is 20.8 Å². The first-order valence-corrected chi connectivity index (χ1v) is 7.82. The zero-order valence-electron chi connectivity index (χ0n) is 13.5. The van der Waals surface area contributed by atoms with Crippen LogP contribution >= 0.6 is 11.6 Å². The monoisotopic (exact) mass is 305 g/mol. The molecule has 0 aliphatic heterocycles. The summed E-state index contributed by atoms with van der Waals surface area (Å²) in [7, 11) is 1.95. The molecule has 1 aromatic carbocycles. The molecule has 21 heavy (non-hydrogen) atoms. The standard InChI is InChI=1S/C17H24ClN3/c1-6-7-19-16(17-14(18)10-20-21(17)5)15-12(3)8-11(2)9-13(15)4/h8-10,16,19H,6-7H2,1-5H3. The zero-order chi connectivity index (χ0) is 15.6. The SMILES string of the molecule is CCCNC(c1c(C)cc(C)cc1C)c1c(Cl)cnn1C. The van der Waals surface area contributed by atoms with Crippen molar-refractivity contribution in [2.24, 2.45) is 7.05 Å². The maximum atomic E-state index is 6.38. The van der Waals surface area contributed by atoms with E-state index < -0.39 is 0 Å². The van der Waals surface area contributed by atoms with Crippen LogP contribution in [0.4, 0.5) is 0 Å². The Labute approximate surface area is 132 Å². The predicted molar refractivity (Wildman–Crippen MR) is 89.0 cm³/mol. The summed E-state index contributed by atoms with van der Waals surface area (Å²) in [6, 6.07) is 4.53. The highest BCUT2D eigenvalue weighted by Gasteiger charge is 2.23. The summed E-state index contributed by atoms with van der Waals surface area (Å²) in [6.07, 6.45) is 2.80. The Balaban J connectivity index is 2.56. The van der Waals surface area contributed by atoms with Gasteiger partial charge in [-0.15, -0.1) is 0 Å². The molecule has 2 aromatic rings. The van der Waals surface area contributed by atoms with Crippen molar-refractivity contribution < 1.29 is 0 Å². The fourth-order valence-corrected chi connectivity index (χ4v) is 3.29. The van der Waals surface area contributed by atoms with Crippen molar-refractivity contribution in [3.63, 3.8) is 0 Å². The van der Waals surface area contributed by atoms with E-state index in [0.717, 1.165) is 18.7 Å². The molecule has 0 saturated heterocycles. The second-order valence-electron chi connectivity index (χ2n) is 5.70. The molecule has 0 spiro atoms. The van der Waals surface area contributed by atoms with E-state index in [1.807, 2.05) is 11.7 Å². The van der Waals surface area contributed by atoms with Crippen LogP contribution in [0.3, 0.4) is 0 Å². The largest absolute Gasteiger partial charge is 0.305 e. The van der Waals surface area contributed by atoms with Gasteiger partial charge < -0.3 is 5.32 Å². The summed E-state index contributed by atoms with van der Waals surface area (Å²) in [5.41, 5.74) is 6.20. The third-order valence-corrected chi connectivity index (χ3v) is 4.13. The van der Waals surface area contributed by atoms with Crippen molar-refractivity contribution in [1.29, 1.82) is 0 Å². The van der Waals surface area contributed by atoms with Gasteiger partial charge in [0.15, 0.2) is 0 Å². The van der Waals surface area contributed by atoms with E-state index in [-0.39, 0.29) is 6.04 Å². The van der Waals surface area contributed by atoms with Gasteiger partial charge in [0, 0.05) is 7.05 Å². The third kappa shape index (κ3) is 3.30. The van der Waals surface area contributed by atoms with Crippen LogP contribution in [-0.4, -0.2) is 16.3 Å². The van der Waals surface area contributed by atoms with Crippen molar-refractivity contribution in [2.45, 2.75) is 40.2 Å². The highest BCUT2D eigenvalue weighted by Crippen LogP contribution is 2.32. The third-order valence-electron chi connectivity index (χ3n) is 3.84. The molecule has 1 heterocycles. The van der Waals surface area contributed by atoms with E-state index in [1.165, 1.54) is 22.3 Å². The molecule has 0 aliphatic rings. The van der Waals surface area contributed by atoms with E-state index in [0.29, 0.717) is 5.02 Å². The Morgan fingerprint density at radius 2 is 1.86 bits per heavy atom. The molecule has 3 nitrogen and oxygen atoms in total. The van der Waals surface area contributed by atoms with Crippen molar-refractivity contribution in [3.8, 4) is 0 Å². The number of hydrogen-bond donors (Lipinski definition) is 1. The Kier molecular flexibility index (Phi) is 5.07. The Hall–Kier alpha value is -1.32. The summed E-state index contributed by atoms with van der Waals surface area (Å²) >= 11 is 6.38. The van der Waals surface area contributed by atoms with Crippen LogP contribution in [0.5, 0.6) is 0 Å². The first-order valence-electron chi connectivity index (χ1n) is 7.44. The number of hydrogen-bond acceptors (Lipinski definition) is 2. The van der Waals surface area contributed by atoms with E-state index >= 15 is 0 Å². The zero-order valence-corrected chi connectivity index (χ0v) is 14.3. The van der Waals surface area contributed by atoms with Crippen LogP contribution in [-0.2, 0) is 7.05 Å². The summed E-state index contributed by atoms with van der Waals surface area (Å²) in [5.74, 6) is 0. The van der Waals surface area contributed by atoms with E-state index in [2.05, 4.69) is 50.2 Å². The van der Waals surface area contributed by atoms with Crippen molar-refractivity contribution in [3.05, 3.63) is 51.3 Å². The summed E-state index contributed by atoms with van der Waals surface area (Å²) in [6.45, 7) is 9.58. The van der Waals surface area contributed by atoms with Crippen molar-refractivity contribution in [1.82, 2.24) is 15.1 Å². The smallest absolute Gasteiger partial charge is 0.0837 e. The molecule has 1 N–H and O–H groups in total. The minimum Gasteiger partial charge on any atom is -0.305 e. The molecule has 114 valence electrons. The summed E-state index contributed by atoms with van der Waals surface area (Å²) < 4.78 is 1.87. The number of benzene rings is 1. The average molecular weight is 306 g/mol. The van der Waals surface area contributed by atoms with Gasteiger partial charge in [0.05, 0.1) is 23.0 Å². The normalized spacial score (nSPS) is 12.7. The molecule has 0 radical (unpaired) electrons. The lowest BCUT2D eigenvalue weighted by Gasteiger charge is -2.24. The molecule has 0 fully saturated rings. The maximum absolute atomic E-state index is 6.38. The predicted octanol–water partition coefficient (Wildman–Crippen LogP) is 4.09. The van der Waals surface area contributed by atoms with Gasteiger partial charge in [-0.2, -0.15) is 5.10 Å². The average Bonchev–Trinajstić information content (AvgIpc) is 2.72. The lowest BCUT2D eigenvalue weighted by atomic mass is 9.92.